The third-order valence-corrected chi connectivity index (χ3v) is 4.18. The van der Waals surface area contributed by atoms with E-state index in [2.05, 4.69) is 42.0 Å². The smallest absolute Gasteiger partial charge is 0.134 e. The van der Waals surface area contributed by atoms with Gasteiger partial charge in [0.05, 0.1) is 0 Å². The largest absolute Gasteiger partial charge is 0.370 e. The Bertz CT molecular complexity index is 433. The zero-order valence-corrected chi connectivity index (χ0v) is 13.9. The molecule has 1 aromatic heterocycles. The van der Waals surface area contributed by atoms with Crippen LogP contribution in [0.25, 0.3) is 0 Å². The predicted octanol–water partition coefficient (Wildman–Crippen LogP) is 4.02. The van der Waals surface area contributed by atoms with Crippen LogP contribution >= 0.6 is 0 Å². The van der Waals surface area contributed by atoms with E-state index in [0.29, 0.717) is 6.04 Å². The third-order valence-electron chi connectivity index (χ3n) is 4.18. The number of hydrogen-bond acceptors (Lipinski definition) is 4. The number of nitrogens with zero attached hydrogens (tertiary/aromatic N) is 3. The van der Waals surface area contributed by atoms with Crippen molar-refractivity contribution in [3.63, 3.8) is 0 Å². The highest BCUT2D eigenvalue weighted by Crippen LogP contribution is 2.26. The fraction of sp³-hybridized carbons (Fsp3) is 0.765. The molecule has 1 unspecified atom stereocenters. The van der Waals surface area contributed by atoms with Gasteiger partial charge in [0.25, 0.3) is 0 Å². The van der Waals surface area contributed by atoms with Crippen molar-refractivity contribution in [3.8, 4) is 0 Å². The van der Waals surface area contributed by atoms with Gasteiger partial charge in [-0.25, -0.2) is 9.97 Å². The maximum atomic E-state index is 4.83. The highest BCUT2D eigenvalue weighted by molar-refractivity contribution is 5.50. The minimum absolute atomic E-state index is 0.641. The molecule has 0 saturated carbocycles. The molecule has 118 valence electrons. The van der Waals surface area contributed by atoms with Crippen LogP contribution in [0.1, 0.15) is 65.1 Å². The van der Waals surface area contributed by atoms with Crippen molar-refractivity contribution in [2.75, 3.05) is 23.3 Å². The molecule has 1 aromatic rings. The fourth-order valence-corrected chi connectivity index (χ4v) is 3.04. The van der Waals surface area contributed by atoms with Crippen molar-refractivity contribution in [2.45, 2.75) is 71.8 Å². The molecule has 1 atom stereocenters. The summed E-state index contributed by atoms with van der Waals surface area (Å²) in [5.74, 6) is 3.10. The Morgan fingerprint density at radius 2 is 2.05 bits per heavy atom. The van der Waals surface area contributed by atoms with E-state index < -0.39 is 0 Å². The second-order valence-corrected chi connectivity index (χ2v) is 5.96. The van der Waals surface area contributed by atoms with E-state index in [4.69, 9.17) is 4.98 Å². The monoisotopic (exact) mass is 290 g/mol. The summed E-state index contributed by atoms with van der Waals surface area (Å²) in [6.07, 6.45) is 8.28. The lowest BCUT2D eigenvalue weighted by molar-refractivity contribution is 0.446. The van der Waals surface area contributed by atoms with Gasteiger partial charge in [0, 0.05) is 31.6 Å². The van der Waals surface area contributed by atoms with Crippen molar-refractivity contribution >= 4 is 11.6 Å². The number of aromatic nitrogens is 2. The van der Waals surface area contributed by atoms with Gasteiger partial charge in [-0.3, -0.25) is 0 Å². The normalized spacial score (nSPS) is 18.8. The van der Waals surface area contributed by atoms with E-state index in [0.717, 1.165) is 49.8 Å². The Morgan fingerprint density at radius 3 is 2.76 bits per heavy atom. The van der Waals surface area contributed by atoms with E-state index in [1.165, 1.54) is 25.7 Å². The summed E-state index contributed by atoms with van der Waals surface area (Å²) in [5, 5.41) is 3.43. The van der Waals surface area contributed by atoms with Crippen LogP contribution in [0.2, 0.25) is 0 Å². The Kier molecular flexibility index (Phi) is 6.27. The molecule has 0 amide bonds. The molecule has 0 aromatic carbocycles. The molecule has 0 spiro atoms. The second-order valence-electron chi connectivity index (χ2n) is 5.96. The number of hydrogen-bond donors (Lipinski definition) is 1. The summed E-state index contributed by atoms with van der Waals surface area (Å²) >= 11 is 0. The molecule has 1 fully saturated rings. The summed E-state index contributed by atoms with van der Waals surface area (Å²) < 4.78 is 0. The van der Waals surface area contributed by atoms with Gasteiger partial charge >= 0.3 is 0 Å². The van der Waals surface area contributed by atoms with E-state index in [-0.39, 0.29) is 0 Å². The van der Waals surface area contributed by atoms with Crippen LogP contribution in [0, 0.1) is 0 Å². The van der Waals surface area contributed by atoms with E-state index in [1.807, 2.05) is 0 Å². The topological polar surface area (TPSA) is 41.0 Å². The molecule has 4 nitrogen and oxygen atoms in total. The van der Waals surface area contributed by atoms with Gasteiger partial charge in [0.1, 0.15) is 17.5 Å². The molecule has 1 aliphatic rings. The molecule has 21 heavy (non-hydrogen) atoms. The van der Waals surface area contributed by atoms with Crippen LogP contribution < -0.4 is 10.2 Å². The highest BCUT2D eigenvalue weighted by Gasteiger charge is 2.23. The number of anilines is 2. The third kappa shape index (κ3) is 4.32. The number of nitrogens with one attached hydrogen (secondary N) is 1. The van der Waals surface area contributed by atoms with Crippen molar-refractivity contribution in [2.24, 2.45) is 0 Å². The summed E-state index contributed by atoms with van der Waals surface area (Å²) in [6.45, 7) is 8.76. The summed E-state index contributed by atoms with van der Waals surface area (Å²) in [7, 11) is 0. The van der Waals surface area contributed by atoms with Crippen LogP contribution in [0.15, 0.2) is 6.07 Å². The molecule has 0 radical (unpaired) electrons. The maximum absolute atomic E-state index is 4.83. The zero-order valence-electron chi connectivity index (χ0n) is 13.9. The van der Waals surface area contributed by atoms with Crippen molar-refractivity contribution in [1.82, 2.24) is 9.97 Å². The molecular weight excluding hydrogens is 260 g/mol. The quantitative estimate of drug-likeness (QED) is 0.823. The Balaban J connectivity index is 2.24. The Labute approximate surface area is 129 Å². The Morgan fingerprint density at radius 1 is 1.19 bits per heavy atom. The minimum Gasteiger partial charge on any atom is -0.370 e. The molecule has 1 saturated heterocycles. The number of aryl methyl sites for hydroxylation is 1. The van der Waals surface area contributed by atoms with Gasteiger partial charge in [-0.15, -0.1) is 0 Å². The van der Waals surface area contributed by atoms with Gasteiger partial charge in [0.15, 0.2) is 0 Å². The number of rotatable bonds is 7. The first-order valence-corrected chi connectivity index (χ1v) is 8.66. The van der Waals surface area contributed by atoms with Crippen LogP contribution in [0.3, 0.4) is 0 Å². The van der Waals surface area contributed by atoms with Gasteiger partial charge < -0.3 is 10.2 Å². The van der Waals surface area contributed by atoms with Crippen LogP contribution in [-0.4, -0.2) is 29.1 Å². The standard InChI is InChI=1S/C17H30N4/c1-4-9-15-19-16(18-11-5-2)13-17(20-15)21-12-8-7-10-14(21)6-3/h13-14H,4-12H2,1-3H3,(H,18,19,20). The van der Waals surface area contributed by atoms with Crippen molar-refractivity contribution in [3.05, 3.63) is 11.9 Å². The Hall–Kier alpha value is -1.32. The lowest BCUT2D eigenvalue weighted by atomic mass is 10.00. The van der Waals surface area contributed by atoms with Gasteiger partial charge in [-0.05, 0) is 38.5 Å². The van der Waals surface area contributed by atoms with Crippen molar-refractivity contribution in [1.29, 1.82) is 0 Å². The first-order valence-electron chi connectivity index (χ1n) is 8.66. The molecule has 2 heterocycles. The summed E-state index contributed by atoms with van der Waals surface area (Å²) in [5.41, 5.74) is 0. The molecule has 2 rings (SSSR count). The minimum atomic E-state index is 0.641. The maximum Gasteiger partial charge on any atom is 0.134 e. The lowest BCUT2D eigenvalue weighted by Crippen LogP contribution is -2.39. The van der Waals surface area contributed by atoms with Crippen LogP contribution in [0.4, 0.5) is 11.6 Å². The van der Waals surface area contributed by atoms with Crippen LogP contribution in [0.5, 0.6) is 0 Å². The van der Waals surface area contributed by atoms with Gasteiger partial charge in [-0.2, -0.15) is 0 Å². The molecule has 0 aliphatic carbocycles. The lowest BCUT2D eigenvalue weighted by Gasteiger charge is -2.36. The van der Waals surface area contributed by atoms with Gasteiger partial charge in [-0.1, -0.05) is 20.8 Å². The zero-order chi connectivity index (χ0) is 15.1. The highest BCUT2D eigenvalue weighted by atomic mass is 15.2. The van der Waals surface area contributed by atoms with Crippen LogP contribution in [-0.2, 0) is 6.42 Å². The fourth-order valence-electron chi connectivity index (χ4n) is 3.04. The average molecular weight is 290 g/mol. The molecular formula is C17H30N4. The molecule has 0 bridgehead atoms. The van der Waals surface area contributed by atoms with E-state index in [9.17, 15) is 0 Å². The SMILES string of the molecule is CCCNc1cc(N2CCCCC2CC)nc(CCC)n1. The predicted molar refractivity (Wildman–Crippen MR) is 90.1 cm³/mol. The average Bonchev–Trinajstić information content (AvgIpc) is 2.53. The van der Waals surface area contributed by atoms with Crippen molar-refractivity contribution < 1.29 is 0 Å². The summed E-state index contributed by atoms with van der Waals surface area (Å²) in [6, 6.07) is 2.78. The molecule has 4 heteroatoms. The first-order chi connectivity index (χ1) is 10.3. The van der Waals surface area contributed by atoms with E-state index >= 15 is 0 Å². The number of piperidine rings is 1. The summed E-state index contributed by atoms with van der Waals surface area (Å²) in [4.78, 5) is 12.0. The van der Waals surface area contributed by atoms with E-state index in [1.54, 1.807) is 0 Å². The molecule has 1 aliphatic heterocycles. The molecule has 1 N–H and O–H groups in total. The van der Waals surface area contributed by atoms with Gasteiger partial charge in [0.2, 0.25) is 0 Å². The first kappa shape index (κ1) is 16.1. The second kappa shape index (κ2) is 8.20.